The van der Waals surface area contributed by atoms with Crippen LogP contribution in [0.5, 0.6) is 0 Å². The molecule has 0 N–H and O–H groups in total. The molecule has 0 heterocycles. The van der Waals surface area contributed by atoms with Crippen LogP contribution in [0.25, 0.3) is 0 Å². The predicted octanol–water partition coefficient (Wildman–Crippen LogP) is 5.47. The molecule has 0 aliphatic heterocycles. The molecule has 0 saturated carbocycles. The number of rotatable bonds is 12. The Bertz CT molecular complexity index is 89.5. The van der Waals surface area contributed by atoms with Crippen LogP contribution in [0, 0.1) is 0 Å². The average Bonchev–Trinajstić information content (AvgIpc) is 2.26. The van der Waals surface area contributed by atoms with Gasteiger partial charge in [-0.3, -0.25) is 0 Å². The van der Waals surface area contributed by atoms with Gasteiger partial charge >= 0.3 is 101 Å². The summed E-state index contributed by atoms with van der Waals surface area (Å²) in [5, 5.41) is 0. The van der Waals surface area contributed by atoms with Crippen LogP contribution in [0.3, 0.4) is 0 Å². The third kappa shape index (κ3) is 14.8. The van der Waals surface area contributed by atoms with Crippen LogP contribution >= 0.6 is 0 Å². The molecule has 0 saturated heterocycles. The summed E-state index contributed by atoms with van der Waals surface area (Å²) >= 11 is 0.423. The van der Waals surface area contributed by atoms with E-state index in [-0.39, 0.29) is 0 Å². The SMILES string of the molecule is CCCCCCCCCCCCC[Te]C. The third-order valence-electron chi connectivity index (χ3n) is 2.95. The fourth-order valence-electron chi connectivity index (χ4n) is 1.91. The van der Waals surface area contributed by atoms with Crippen LogP contribution in [0.4, 0.5) is 0 Å². The molecule has 0 amide bonds. The second-order valence-corrected chi connectivity index (χ2v) is 7.34. The van der Waals surface area contributed by atoms with E-state index in [4.69, 9.17) is 0 Å². The maximum absolute atomic E-state index is 2.42. The molecule has 0 aromatic rings. The van der Waals surface area contributed by atoms with Crippen LogP contribution in [-0.4, -0.2) is 20.9 Å². The van der Waals surface area contributed by atoms with Gasteiger partial charge in [-0.15, -0.1) is 0 Å². The molecule has 0 unspecified atom stereocenters. The van der Waals surface area contributed by atoms with E-state index in [2.05, 4.69) is 11.9 Å². The van der Waals surface area contributed by atoms with Crippen molar-refractivity contribution in [2.24, 2.45) is 0 Å². The molecule has 0 atom stereocenters. The van der Waals surface area contributed by atoms with Gasteiger partial charge in [-0.1, -0.05) is 6.92 Å². The van der Waals surface area contributed by atoms with Gasteiger partial charge in [-0.2, -0.15) is 0 Å². The van der Waals surface area contributed by atoms with E-state index >= 15 is 0 Å². The van der Waals surface area contributed by atoms with Crippen molar-refractivity contribution in [3.05, 3.63) is 0 Å². The van der Waals surface area contributed by atoms with Gasteiger partial charge in [0.05, 0.1) is 0 Å². The fourth-order valence-corrected chi connectivity index (χ4v) is 3.32. The Balaban J connectivity index is 2.81. The van der Waals surface area contributed by atoms with Gasteiger partial charge < -0.3 is 0 Å². The molecule has 0 aliphatic carbocycles. The zero-order valence-corrected chi connectivity index (χ0v) is 13.2. The summed E-state index contributed by atoms with van der Waals surface area (Å²) in [6.07, 6.45) is 16.3. The molecule has 92 valence electrons. The summed E-state index contributed by atoms with van der Waals surface area (Å²) < 4.78 is 1.57. The van der Waals surface area contributed by atoms with Gasteiger partial charge in [0.1, 0.15) is 0 Å². The van der Waals surface area contributed by atoms with E-state index in [1.807, 2.05) is 0 Å². The first-order valence-electron chi connectivity index (χ1n) is 6.90. The molecule has 0 radical (unpaired) electrons. The van der Waals surface area contributed by atoms with Gasteiger partial charge in [0.25, 0.3) is 0 Å². The summed E-state index contributed by atoms with van der Waals surface area (Å²) in [7, 11) is 0. The Morgan fingerprint density at radius 3 is 1.40 bits per heavy atom. The van der Waals surface area contributed by atoms with E-state index in [1.165, 1.54) is 70.6 Å². The maximum atomic E-state index is 2.42. The quantitative estimate of drug-likeness (QED) is 0.330. The molecule has 0 rings (SSSR count). The van der Waals surface area contributed by atoms with Crippen LogP contribution in [0.15, 0.2) is 0 Å². The second kappa shape index (κ2) is 14.8. The molecule has 0 aromatic heterocycles. The Kier molecular flexibility index (Phi) is 15.6. The average molecular weight is 326 g/mol. The zero-order valence-electron chi connectivity index (χ0n) is 10.9. The van der Waals surface area contributed by atoms with Crippen molar-refractivity contribution in [2.45, 2.75) is 87.0 Å². The molecule has 0 bridgehead atoms. The zero-order chi connectivity index (χ0) is 11.2. The van der Waals surface area contributed by atoms with E-state index in [0.29, 0.717) is 20.9 Å². The van der Waals surface area contributed by atoms with Crippen LogP contribution in [-0.2, 0) is 0 Å². The van der Waals surface area contributed by atoms with Crippen LogP contribution < -0.4 is 0 Å². The summed E-state index contributed by atoms with van der Waals surface area (Å²) in [4.78, 5) is 2.42. The summed E-state index contributed by atoms with van der Waals surface area (Å²) in [6, 6.07) is 0. The van der Waals surface area contributed by atoms with Crippen molar-refractivity contribution in [1.29, 1.82) is 0 Å². The van der Waals surface area contributed by atoms with Crippen molar-refractivity contribution < 1.29 is 0 Å². The summed E-state index contributed by atoms with van der Waals surface area (Å²) in [6.45, 7) is 2.29. The predicted molar refractivity (Wildman–Crippen MR) is 72.9 cm³/mol. The molecular formula is C14H30Te. The Morgan fingerprint density at radius 2 is 1.00 bits per heavy atom. The topological polar surface area (TPSA) is 0 Å². The van der Waals surface area contributed by atoms with Crippen molar-refractivity contribution in [1.82, 2.24) is 0 Å². The molecule has 15 heavy (non-hydrogen) atoms. The fraction of sp³-hybridized carbons (Fsp3) is 1.00. The van der Waals surface area contributed by atoms with E-state index < -0.39 is 0 Å². The second-order valence-electron chi connectivity index (χ2n) is 4.53. The molecule has 0 fully saturated rings. The van der Waals surface area contributed by atoms with Crippen LogP contribution in [0.2, 0.25) is 9.44 Å². The monoisotopic (exact) mass is 328 g/mol. The first-order valence-corrected chi connectivity index (χ1v) is 10.9. The number of hydrogen-bond donors (Lipinski definition) is 0. The molecule has 0 spiro atoms. The third-order valence-corrected chi connectivity index (χ3v) is 4.94. The molecular weight excluding hydrogens is 296 g/mol. The summed E-state index contributed by atoms with van der Waals surface area (Å²) in [5.41, 5.74) is 0. The van der Waals surface area contributed by atoms with Gasteiger partial charge in [0.15, 0.2) is 0 Å². The first kappa shape index (κ1) is 15.8. The van der Waals surface area contributed by atoms with Crippen molar-refractivity contribution >= 4 is 20.9 Å². The Labute approximate surface area is 108 Å². The van der Waals surface area contributed by atoms with Crippen molar-refractivity contribution in [2.75, 3.05) is 0 Å². The Hall–Kier alpha value is 0.790. The molecule has 0 aliphatic rings. The van der Waals surface area contributed by atoms with Gasteiger partial charge in [0, 0.05) is 0 Å². The summed E-state index contributed by atoms with van der Waals surface area (Å²) in [5.74, 6) is 0. The van der Waals surface area contributed by atoms with Gasteiger partial charge in [-0.05, 0) is 0 Å². The standard InChI is InChI=1S/C14H30Te/c1-3-4-5-6-7-8-9-10-11-12-13-14-15-2/h3-14H2,1-2H3. The molecule has 0 aromatic carbocycles. The van der Waals surface area contributed by atoms with E-state index in [9.17, 15) is 0 Å². The number of unbranched alkanes of at least 4 members (excludes halogenated alkanes) is 10. The molecule has 0 nitrogen and oxygen atoms in total. The van der Waals surface area contributed by atoms with Crippen molar-refractivity contribution in [3.8, 4) is 0 Å². The Morgan fingerprint density at radius 1 is 0.600 bits per heavy atom. The minimum atomic E-state index is 0.423. The first-order chi connectivity index (χ1) is 7.41. The van der Waals surface area contributed by atoms with E-state index in [0.717, 1.165) is 0 Å². The van der Waals surface area contributed by atoms with Gasteiger partial charge in [0.2, 0.25) is 0 Å². The molecule has 1 heteroatoms. The van der Waals surface area contributed by atoms with Crippen molar-refractivity contribution in [3.63, 3.8) is 0 Å². The normalized spacial score (nSPS) is 10.8. The number of hydrogen-bond acceptors (Lipinski definition) is 0. The minimum absolute atomic E-state index is 0.423. The van der Waals surface area contributed by atoms with E-state index in [1.54, 1.807) is 4.47 Å². The van der Waals surface area contributed by atoms with Crippen LogP contribution in [0.1, 0.15) is 77.6 Å². The van der Waals surface area contributed by atoms with Gasteiger partial charge in [-0.25, -0.2) is 0 Å².